The highest BCUT2D eigenvalue weighted by Crippen LogP contribution is 2.18. The molecule has 3 N–H and O–H groups in total. The molecule has 1 aliphatic rings. The highest BCUT2D eigenvalue weighted by atomic mass is 32.1. The number of hydrogen-bond donors (Lipinski definition) is 2. The molecule has 78 valence electrons. The third-order valence-corrected chi connectivity index (χ3v) is 3.72. The molecule has 3 heteroatoms. The first-order chi connectivity index (χ1) is 6.84. The quantitative estimate of drug-likeness (QED) is 0.777. The number of hydrogen-bond acceptors (Lipinski definition) is 3. The smallest absolute Gasteiger partial charge is 0.0214 e. The molecule has 1 fully saturated rings. The highest BCUT2D eigenvalue weighted by Gasteiger charge is 2.17. The molecule has 0 amide bonds. The summed E-state index contributed by atoms with van der Waals surface area (Å²) in [5, 5.41) is 5.62. The van der Waals surface area contributed by atoms with Crippen molar-refractivity contribution in [2.24, 2.45) is 5.73 Å². The Morgan fingerprint density at radius 2 is 2.43 bits per heavy atom. The maximum atomic E-state index is 6.04. The number of nitrogens with one attached hydrogen (secondary N) is 1. The lowest BCUT2D eigenvalue weighted by Gasteiger charge is -2.27. The molecule has 1 atom stereocenters. The van der Waals surface area contributed by atoms with E-state index in [9.17, 15) is 0 Å². The number of rotatable bonds is 5. The van der Waals surface area contributed by atoms with E-state index >= 15 is 0 Å². The van der Waals surface area contributed by atoms with Crippen LogP contribution < -0.4 is 11.1 Å². The van der Waals surface area contributed by atoms with Gasteiger partial charge in [0.15, 0.2) is 0 Å². The maximum Gasteiger partial charge on any atom is 0.0214 e. The van der Waals surface area contributed by atoms with Crippen molar-refractivity contribution in [2.75, 3.05) is 6.54 Å². The lowest BCUT2D eigenvalue weighted by Crippen LogP contribution is -2.43. The Labute approximate surface area is 89.5 Å². The van der Waals surface area contributed by atoms with Crippen molar-refractivity contribution in [1.82, 2.24) is 5.32 Å². The summed E-state index contributed by atoms with van der Waals surface area (Å²) in [4.78, 5) is 1.40. The summed E-state index contributed by atoms with van der Waals surface area (Å²) in [6.07, 6.45) is 5.08. The largest absolute Gasteiger partial charge is 0.326 e. The van der Waals surface area contributed by atoms with Crippen LogP contribution in [0.25, 0.3) is 0 Å². The highest BCUT2D eigenvalue weighted by molar-refractivity contribution is 7.09. The van der Waals surface area contributed by atoms with Gasteiger partial charge in [0.1, 0.15) is 0 Å². The molecule has 14 heavy (non-hydrogen) atoms. The first-order valence-electron chi connectivity index (χ1n) is 5.36. The minimum absolute atomic E-state index is 0.272. The molecule has 2 nitrogen and oxygen atoms in total. The zero-order valence-electron chi connectivity index (χ0n) is 8.41. The summed E-state index contributed by atoms with van der Waals surface area (Å²) in [6.45, 7) is 0.961. The zero-order chi connectivity index (χ0) is 9.80. The summed E-state index contributed by atoms with van der Waals surface area (Å²) in [5.41, 5.74) is 6.04. The molecule has 1 saturated carbocycles. The summed E-state index contributed by atoms with van der Waals surface area (Å²) >= 11 is 1.80. The predicted octanol–water partition coefficient (Wildman–Crippen LogP) is 1.76. The van der Waals surface area contributed by atoms with E-state index in [4.69, 9.17) is 5.73 Å². The summed E-state index contributed by atoms with van der Waals surface area (Å²) in [7, 11) is 0. The first kappa shape index (κ1) is 10.1. The normalized spacial score (nSPS) is 19.2. The van der Waals surface area contributed by atoms with Gasteiger partial charge in [-0.15, -0.1) is 11.3 Å². The molecule has 0 radical (unpaired) electrons. The van der Waals surface area contributed by atoms with Crippen molar-refractivity contribution < 1.29 is 0 Å². The van der Waals surface area contributed by atoms with Crippen molar-refractivity contribution in [3.63, 3.8) is 0 Å². The standard InChI is InChI=1S/C11H18N2S/c12-9(7-11-5-2-6-14-11)8-13-10-3-1-4-10/h2,5-6,9-10,13H,1,3-4,7-8,12H2. The summed E-state index contributed by atoms with van der Waals surface area (Å²) in [5.74, 6) is 0. The van der Waals surface area contributed by atoms with E-state index in [1.807, 2.05) is 0 Å². The zero-order valence-corrected chi connectivity index (χ0v) is 9.22. The second-order valence-corrected chi connectivity index (χ2v) is 5.11. The van der Waals surface area contributed by atoms with Crippen LogP contribution in [0.5, 0.6) is 0 Å². The van der Waals surface area contributed by atoms with Gasteiger partial charge in [-0.3, -0.25) is 0 Å². The molecule has 1 unspecified atom stereocenters. The SMILES string of the molecule is NC(CNC1CCC1)Cc1cccs1. The second kappa shape index (κ2) is 4.91. The Hall–Kier alpha value is -0.380. The van der Waals surface area contributed by atoms with Crippen LogP contribution in [0.1, 0.15) is 24.1 Å². The van der Waals surface area contributed by atoms with Crippen molar-refractivity contribution in [3.05, 3.63) is 22.4 Å². The predicted molar refractivity (Wildman–Crippen MR) is 61.6 cm³/mol. The van der Waals surface area contributed by atoms with Gasteiger partial charge in [0.25, 0.3) is 0 Å². The number of nitrogens with two attached hydrogens (primary N) is 1. The molecule has 0 aromatic carbocycles. The van der Waals surface area contributed by atoms with Crippen LogP contribution in [0.15, 0.2) is 17.5 Å². The minimum Gasteiger partial charge on any atom is -0.326 e. The topological polar surface area (TPSA) is 38.0 Å². The Morgan fingerprint density at radius 3 is 3.00 bits per heavy atom. The van der Waals surface area contributed by atoms with E-state index in [2.05, 4.69) is 22.8 Å². The van der Waals surface area contributed by atoms with Gasteiger partial charge in [-0.05, 0) is 30.7 Å². The third-order valence-electron chi connectivity index (χ3n) is 2.82. The van der Waals surface area contributed by atoms with Gasteiger partial charge in [-0.2, -0.15) is 0 Å². The Bertz CT molecular complexity index is 254. The molecular formula is C11H18N2S. The van der Waals surface area contributed by atoms with Crippen LogP contribution in [0, 0.1) is 0 Å². The Balaban J connectivity index is 1.65. The fraction of sp³-hybridized carbons (Fsp3) is 0.636. The monoisotopic (exact) mass is 210 g/mol. The Morgan fingerprint density at radius 1 is 1.57 bits per heavy atom. The van der Waals surface area contributed by atoms with Crippen LogP contribution in [-0.2, 0) is 6.42 Å². The van der Waals surface area contributed by atoms with Gasteiger partial charge in [-0.1, -0.05) is 12.5 Å². The third kappa shape index (κ3) is 2.80. The molecule has 0 saturated heterocycles. The second-order valence-electron chi connectivity index (χ2n) is 4.08. The van der Waals surface area contributed by atoms with Crippen LogP contribution in [0.2, 0.25) is 0 Å². The molecule has 0 aliphatic heterocycles. The molecule has 0 spiro atoms. The molecule has 2 rings (SSSR count). The van der Waals surface area contributed by atoms with E-state index in [0.29, 0.717) is 0 Å². The van der Waals surface area contributed by atoms with Crippen molar-refractivity contribution in [2.45, 2.75) is 37.8 Å². The molecular weight excluding hydrogens is 192 g/mol. The average molecular weight is 210 g/mol. The van der Waals surface area contributed by atoms with Crippen molar-refractivity contribution in [3.8, 4) is 0 Å². The van der Waals surface area contributed by atoms with E-state index in [1.165, 1.54) is 24.1 Å². The van der Waals surface area contributed by atoms with Gasteiger partial charge in [0.2, 0.25) is 0 Å². The average Bonchev–Trinajstić information content (AvgIpc) is 2.54. The molecule has 1 aliphatic carbocycles. The lowest BCUT2D eigenvalue weighted by molar-refractivity contribution is 0.331. The fourth-order valence-electron chi connectivity index (χ4n) is 1.69. The minimum atomic E-state index is 0.272. The van der Waals surface area contributed by atoms with E-state index in [1.54, 1.807) is 11.3 Å². The molecule has 1 aromatic heterocycles. The van der Waals surface area contributed by atoms with Crippen molar-refractivity contribution in [1.29, 1.82) is 0 Å². The number of thiophene rings is 1. The fourth-order valence-corrected chi connectivity index (χ4v) is 2.49. The maximum absolute atomic E-state index is 6.04. The molecule has 1 aromatic rings. The lowest BCUT2D eigenvalue weighted by atomic mass is 9.93. The van der Waals surface area contributed by atoms with E-state index in [0.717, 1.165) is 19.0 Å². The van der Waals surface area contributed by atoms with Crippen LogP contribution in [0.3, 0.4) is 0 Å². The Kier molecular flexibility index (Phi) is 3.56. The summed E-state index contributed by atoms with van der Waals surface area (Å²) < 4.78 is 0. The summed E-state index contributed by atoms with van der Waals surface area (Å²) in [6, 6.07) is 5.28. The van der Waals surface area contributed by atoms with E-state index in [-0.39, 0.29) is 6.04 Å². The van der Waals surface area contributed by atoms with Crippen molar-refractivity contribution >= 4 is 11.3 Å². The van der Waals surface area contributed by atoms with Crippen LogP contribution in [-0.4, -0.2) is 18.6 Å². The van der Waals surface area contributed by atoms with Gasteiger partial charge in [0, 0.05) is 23.5 Å². The van der Waals surface area contributed by atoms with E-state index < -0.39 is 0 Å². The molecule has 0 bridgehead atoms. The van der Waals surface area contributed by atoms with Gasteiger partial charge in [-0.25, -0.2) is 0 Å². The van der Waals surface area contributed by atoms with Crippen LogP contribution in [0.4, 0.5) is 0 Å². The van der Waals surface area contributed by atoms with Crippen LogP contribution >= 0.6 is 11.3 Å². The molecule has 1 heterocycles. The first-order valence-corrected chi connectivity index (χ1v) is 6.24. The van der Waals surface area contributed by atoms with Gasteiger partial charge in [0.05, 0.1) is 0 Å². The van der Waals surface area contributed by atoms with Gasteiger partial charge < -0.3 is 11.1 Å². The van der Waals surface area contributed by atoms with Gasteiger partial charge >= 0.3 is 0 Å².